The number of aryl methyl sites for hydroxylation is 1. The van der Waals surface area contributed by atoms with Crippen molar-refractivity contribution < 1.29 is 8.78 Å². The summed E-state index contributed by atoms with van der Waals surface area (Å²) in [6.45, 7) is 2.28. The van der Waals surface area contributed by atoms with Crippen molar-refractivity contribution in [2.45, 2.75) is 84.0 Å². The lowest BCUT2D eigenvalue weighted by Crippen LogP contribution is -2.15. The normalized spacial score (nSPS) is 20.3. The van der Waals surface area contributed by atoms with Gasteiger partial charge in [-0.2, -0.15) is 0 Å². The number of halogens is 2. The molecule has 27 heavy (non-hydrogen) atoms. The van der Waals surface area contributed by atoms with Crippen LogP contribution in [0.5, 0.6) is 0 Å². The molecule has 0 unspecified atom stereocenters. The van der Waals surface area contributed by atoms with E-state index in [9.17, 15) is 8.78 Å². The van der Waals surface area contributed by atoms with Crippen LogP contribution in [0.25, 0.3) is 10.8 Å². The highest BCUT2D eigenvalue weighted by molar-refractivity contribution is 5.83. The van der Waals surface area contributed by atoms with Gasteiger partial charge in [0.15, 0.2) is 11.6 Å². The molecule has 1 aliphatic rings. The molecule has 0 heterocycles. The first-order valence-corrected chi connectivity index (χ1v) is 11.0. The largest absolute Gasteiger partial charge is 0.204 e. The maximum absolute atomic E-state index is 13.8. The van der Waals surface area contributed by atoms with Crippen molar-refractivity contribution in [1.82, 2.24) is 0 Å². The summed E-state index contributed by atoms with van der Waals surface area (Å²) in [6.07, 6.45) is 16.2. The van der Waals surface area contributed by atoms with E-state index in [1.807, 2.05) is 12.1 Å². The topological polar surface area (TPSA) is 0 Å². The minimum Gasteiger partial charge on any atom is -0.204 e. The molecular weight excluding hydrogens is 338 g/mol. The van der Waals surface area contributed by atoms with Crippen molar-refractivity contribution in [3.63, 3.8) is 0 Å². The third-order valence-corrected chi connectivity index (χ3v) is 6.49. The molecule has 0 aromatic heterocycles. The van der Waals surface area contributed by atoms with E-state index in [0.29, 0.717) is 5.39 Å². The fourth-order valence-electron chi connectivity index (χ4n) is 4.69. The average Bonchev–Trinajstić information content (AvgIpc) is 2.70. The summed E-state index contributed by atoms with van der Waals surface area (Å²) >= 11 is 0. The van der Waals surface area contributed by atoms with Crippen molar-refractivity contribution in [2.24, 2.45) is 11.8 Å². The standard InChI is InChI=1S/C25H34F2/c1-2-3-4-5-6-7-19-8-10-20(11-9-19)12-13-21-14-16-23-22(18-21)15-17-24(26)25(23)27/h14-20H,2-13H2,1H3. The molecule has 0 spiro atoms. The first-order valence-electron chi connectivity index (χ1n) is 11.0. The molecule has 148 valence electrons. The van der Waals surface area contributed by atoms with Gasteiger partial charge in [0.2, 0.25) is 0 Å². The van der Waals surface area contributed by atoms with Crippen LogP contribution in [0.15, 0.2) is 30.3 Å². The Morgan fingerprint density at radius 3 is 2.26 bits per heavy atom. The van der Waals surface area contributed by atoms with Crippen molar-refractivity contribution in [2.75, 3.05) is 0 Å². The number of unbranched alkanes of at least 4 members (excludes halogenated alkanes) is 4. The number of rotatable bonds is 9. The molecule has 2 aromatic rings. The zero-order chi connectivity index (χ0) is 19.1. The van der Waals surface area contributed by atoms with Crippen LogP contribution in [-0.4, -0.2) is 0 Å². The van der Waals surface area contributed by atoms with E-state index in [1.165, 1.54) is 82.3 Å². The molecule has 1 fully saturated rings. The van der Waals surface area contributed by atoms with E-state index in [2.05, 4.69) is 6.92 Å². The van der Waals surface area contributed by atoms with Gasteiger partial charge in [-0.3, -0.25) is 0 Å². The summed E-state index contributed by atoms with van der Waals surface area (Å²) < 4.78 is 27.1. The molecular formula is C25H34F2. The molecule has 2 heteroatoms. The Morgan fingerprint density at radius 2 is 1.52 bits per heavy atom. The van der Waals surface area contributed by atoms with E-state index in [-0.39, 0.29) is 0 Å². The van der Waals surface area contributed by atoms with Crippen LogP contribution in [0.3, 0.4) is 0 Å². The van der Waals surface area contributed by atoms with E-state index >= 15 is 0 Å². The first-order chi connectivity index (χ1) is 13.2. The Balaban J connectivity index is 1.41. The molecule has 0 bridgehead atoms. The fraction of sp³-hybridized carbons (Fsp3) is 0.600. The first kappa shape index (κ1) is 20.3. The third-order valence-electron chi connectivity index (χ3n) is 6.49. The number of hydrogen-bond donors (Lipinski definition) is 0. The zero-order valence-corrected chi connectivity index (χ0v) is 16.8. The quantitative estimate of drug-likeness (QED) is 0.389. The molecule has 1 aliphatic carbocycles. The maximum Gasteiger partial charge on any atom is 0.166 e. The van der Waals surface area contributed by atoms with Gasteiger partial charge in [-0.1, -0.05) is 95.4 Å². The summed E-state index contributed by atoms with van der Waals surface area (Å²) in [7, 11) is 0. The SMILES string of the molecule is CCCCCCCC1CCC(CCc2ccc3c(F)c(F)ccc3c2)CC1. The highest BCUT2D eigenvalue weighted by Gasteiger charge is 2.20. The van der Waals surface area contributed by atoms with Gasteiger partial charge < -0.3 is 0 Å². The molecule has 3 rings (SSSR count). The van der Waals surface area contributed by atoms with E-state index in [0.717, 1.165) is 23.6 Å². The van der Waals surface area contributed by atoms with Gasteiger partial charge in [0, 0.05) is 5.39 Å². The van der Waals surface area contributed by atoms with Crippen LogP contribution in [0.1, 0.15) is 83.1 Å². The minimum atomic E-state index is -0.766. The molecule has 0 atom stereocenters. The predicted molar refractivity (Wildman–Crippen MR) is 111 cm³/mol. The number of hydrogen-bond acceptors (Lipinski definition) is 0. The van der Waals surface area contributed by atoms with Gasteiger partial charge in [0.1, 0.15) is 0 Å². The molecule has 0 saturated heterocycles. The van der Waals surface area contributed by atoms with Crippen molar-refractivity contribution in [3.8, 4) is 0 Å². The van der Waals surface area contributed by atoms with Crippen LogP contribution >= 0.6 is 0 Å². The van der Waals surface area contributed by atoms with Crippen molar-refractivity contribution in [1.29, 1.82) is 0 Å². The summed E-state index contributed by atoms with van der Waals surface area (Å²) in [6, 6.07) is 8.64. The van der Waals surface area contributed by atoms with Gasteiger partial charge in [-0.05, 0) is 41.7 Å². The average molecular weight is 373 g/mol. The Morgan fingerprint density at radius 1 is 0.815 bits per heavy atom. The van der Waals surface area contributed by atoms with Crippen molar-refractivity contribution >= 4 is 10.8 Å². The predicted octanol–water partition coefficient (Wildman–Crippen LogP) is 8.22. The van der Waals surface area contributed by atoms with Gasteiger partial charge >= 0.3 is 0 Å². The lowest BCUT2D eigenvalue weighted by Gasteiger charge is -2.28. The Hall–Kier alpha value is -1.44. The van der Waals surface area contributed by atoms with Gasteiger partial charge in [0.25, 0.3) is 0 Å². The molecule has 0 amide bonds. The van der Waals surface area contributed by atoms with E-state index < -0.39 is 11.6 Å². The molecule has 2 aromatic carbocycles. The third kappa shape index (κ3) is 5.77. The molecule has 0 N–H and O–H groups in total. The Kier molecular flexibility index (Phi) is 7.67. The molecule has 1 saturated carbocycles. The second-order valence-electron chi connectivity index (χ2n) is 8.55. The van der Waals surface area contributed by atoms with Gasteiger partial charge in [0.05, 0.1) is 0 Å². The Bertz CT molecular complexity index is 714. The van der Waals surface area contributed by atoms with Crippen molar-refractivity contribution in [3.05, 3.63) is 47.5 Å². The Labute approximate surface area is 163 Å². The maximum atomic E-state index is 13.8. The van der Waals surface area contributed by atoms with Crippen LogP contribution in [-0.2, 0) is 6.42 Å². The van der Waals surface area contributed by atoms with Gasteiger partial charge in [-0.25, -0.2) is 8.78 Å². The van der Waals surface area contributed by atoms with Crippen LogP contribution < -0.4 is 0 Å². The number of fused-ring (bicyclic) bond motifs is 1. The van der Waals surface area contributed by atoms with Crippen LogP contribution in [0.2, 0.25) is 0 Å². The molecule has 0 radical (unpaired) electrons. The summed E-state index contributed by atoms with van der Waals surface area (Å²) in [5.41, 5.74) is 1.24. The van der Waals surface area contributed by atoms with Crippen LogP contribution in [0, 0.1) is 23.5 Å². The lowest BCUT2D eigenvalue weighted by atomic mass is 9.77. The monoisotopic (exact) mass is 372 g/mol. The number of benzene rings is 2. The second kappa shape index (κ2) is 10.2. The molecule has 0 aliphatic heterocycles. The fourth-order valence-corrected chi connectivity index (χ4v) is 4.69. The zero-order valence-electron chi connectivity index (χ0n) is 16.8. The van der Waals surface area contributed by atoms with E-state index in [1.54, 1.807) is 12.1 Å². The minimum absolute atomic E-state index is 0.387. The van der Waals surface area contributed by atoms with E-state index in [4.69, 9.17) is 0 Å². The van der Waals surface area contributed by atoms with Gasteiger partial charge in [-0.15, -0.1) is 0 Å². The second-order valence-corrected chi connectivity index (χ2v) is 8.55. The summed E-state index contributed by atoms with van der Waals surface area (Å²) in [5.74, 6) is 0.299. The highest BCUT2D eigenvalue weighted by Crippen LogP contribution is 2.34. The highest BCUT2D eigenvalue weighted by atomic mass is 19.2. The summed E-state index contributed by atoms with van der Waals surface area (Å²) in [5, 5.41) is 1.19. The lowest BCUT2D eigenvalue weighted by molar-refractivity contribution is 0.249. The molecule has 0 nitrogen and oxygen atoms in total. The summed E-state index contributed by atoms with van der Waals surface area (Å²) in [4.78, 5) is 0. The van der Waals surface area contributed by atoms with Crippen LogP contribution in [0.4, 0.5) is 8.78 Å². The smallest absolute Gasteiger partial charge is 0.166 e.